The SMILES string of the molecule is Cn1c(C(=O)OCC2CCCO2)cc2cc(NC(=O)[C@H]3[C@H](C4CCCCC4)CCN3C(=O)OC(C)(C)C)ccc21. The fourth-order valence-electron chi connectivity index (χ4n) is 6.59. The summed E-state index contributed by atoms with van der Waals surface area (Å²) >= 11 is 0. The van der Waals surface area contributed by atoms with E-state index in [0.29, 0.717) is 30.5 Å². The highest BCUT2D eigenvalue weighted by molar-refractivity contribution is 6.00. The average Bonchev–Trinajstić information content (AvgIpc) is 3.66. The van der Waals surface area contributed by atoms with Crippen molar-refractivity contribution in [1.29, 1.82) is 0 Å². The minimum Gasteiger partial charge on any atom is -0.458 e. The fraction of sp³-hybridized carbons (Fsp3) is 0.645. The Kier molecular flexibility index (Phi) is 8.40. The summed E-state index contributed by atoms with van der Waals surface area (Å²) in [4.78, 5) is 41.4. The summed E-state index contributed by atoms with van der Waals surface area (Å²) in [6, 6.07) is 6.81. The maximum absolute atomic E-state index is 13.8. The highest BCUT2D eigenvalue weighted by Gasteiger charge is 2.46. The van der Waals surface area contributed by atoms with Crippen LogP contribution in [0.2, 0.25) is 0 Å². The molecule has 1 aromatic carbocycles. The van der Waals surface area contributed by atoms with Gasteiger partial charge in [0.2, 0.25) is 5.91 Å². The van der Waals surface area contributed by atoms with Crippen molar-refractivity contribution in [2.24, 2.45) is 18.9 Å². The van der Waals surface area contributed by atoms with Crippen molar-refractivity contribution in [1.82, 2.24) is 9.47 Å². The predicted octanol–water partition coefficient (Wildman–Crippen LogP) is 5.66. The molecular weight excluding hydrogens is 510 g/mol. The smallest absolute Gasteiger partial charge is 0.410 e. The van der Waals surface area contributed by atoms with Gasteiger partial charge in [0.25, 0.3) is 0 Å². The standard InChI is InChI=1S/C31H43N3O6/c1-31(2,3)40-30(37)34-15-14-24(20-9-6-5-7-10-20)27(34)28(35)32-22-12-13-25-21(17-22)18-26(33(25)4)29(36)39-19-23-11-8-16-38-23/h12-13,17-18,20,23-24,27H,5-11,14-16,19H2,1-4H3,(H,32,35)/t23?,24-,27+/m0/s1. The summed E-state index contributed by atoms with van der Waals surface area (Å²) in [5, 5.41) is 3.91. The third-order valence-corrected chi connectivity index (χ3v) is 8.54. The number of esters is 1. The van der Waals surface area contributed by atoms with Gasteiger partial charge >= 0.3 is 12.1 Å². The van der Waals surface area contributed by atoms with Gasteiger partial charge in [0, 0.05) is 36.8 Å². The molecule has 9 heteroatoms. The summed E-state index contributed by atoms with van der Waals surface area (Å²) in [5.41, 5.74) is 1.29. The molecule has 1 aliphatic carbocycles. The number of aromatic nitrogens is 1. The number of nitrogens with one attached hydrogen (secondary N) is 1. The molecule has 3 atom stereocenters. The summed E-state index contributed by atoms with van der Waals surface area (Å²) in [6.45, 7) is 7.01. The molecule has 3 fully saturated rings. The highest BCUT2D eigenvalue weighted by Crippen LogP contribution is 2.40. The van der Waals surface area contributed by atoms with Crippen LogP contribution in [-0.2, 0) is 26.1 Å². The Morgan fingerprint density at radius 2 is 1.80 bits per heavy atom. The molecule has 0 bridgehead atoms. The van der Waals surface area contributed by atoms with Gasteiger partial charge in [0.15, 0.2) is 0 Å². The van der Waals surface area contributed by atoms with Gasteiger partial charge < -0.3 is 24.1 Å². The molecule has 1 N–H and O–H groups in total. The maximum Gasteiger partial charge on any atom is 0.410 e. The number of amides is 2. The molecule has 218 valence electrons. The lowest BCUT2D eigenvalue weighted by atomic mass is 9.76. The molecule has 9 nitrogen and oxygen atoms in total. The molecule has 1 unspecified atom stereocenters. The van der Waals surface area contributed by atoms with E-state index in [1.54, 1.807) is 15.5 Å². The van der Waals surface area contributed by atoms with E-state index >= 15 is 0 Å². The number of ether oxygens (including phenoxy) is 3. The fourth-order valence-corrected chi connectivity index (χ4v) is 6.59. The highest BCUT2D eigenvalue weighted by atomic mass is 16.6. The van der Waals surface area contributed by atoms with Crippen molar-refractivity contribution in [2.75, 3.05) is 25.1 Å². The molecule has 5 rings (SSSR count). The monoisotopic (exact) mass is 553 g/mol. The minimum absolute atomic E-state index is 0.0336. The van der Waals surface area contributed by atoms with Gasteiger partial charge in [-0.25, -0.2) is 9.59 Å². The zero-order chi connectivity index (χ0) is 28.4. The third kappa shape index (κ3) is 6.29. The molecule has 1 aromatic heterocycles. The summed E-state index contributed by atoms with van der Waals surface area (Å²) in [5.74, 6) is -0.0466. The molecule has 2 amide bonds. The first kappa shape index (κ1) is 28.5. The number of carbonyl (C=O) groups is 3. The van der Waals surface area contributed by atoms with Gasteiger partial charge in [-0.1, -0.05) is 32.1 Å². The first-order valence-corrected chi connectivity index (χ1v) is 14.8. The molecular formula is C31H43N3O6. The Bertz CT molecular complexity index is 1240. The van der Waals surface area contributed by atoms with E-state index in [1.807, 2.05) is 46.0 Å². The summed E-state index contributed by atoms with van der Waals surface area (Å²) < 4.78 is 18.6. The lowest BCUT2D eigenvalue weighted by molar-refractivity contribution is -0.122. The van der Waals surface area contributed by atoms with Gasteiger partial charge in [-0.3, -0.25) is 9.69 Å². The Hall–Kier alpha value is -3.07. The first-order valence-electron chi connectivity index (χ1n) is 14.8. The number of carbonyl (C=O) groups excluding carboxylic acids is 3. The van der Waals surface area contributed by atoms with Crippen LogP contribution in [0.5, 0.6) is 0 Å². The van der Waals surface area contributed by atoms with Gasteiger partial charge in [-0.05, 0) is 76.1 Å². The maximum atomic E-state index is 13.8. The number of benzene rings is 1. The molecule has 0 spiro atoms. The lowest BCUT2D eigenvalue weighted by Gasteiger charge is -2.34. The second-order valence-corrected chi connectivity index (χ2v) is 12.6. The zero-order valence-electron chi connectivity index (χ0n) is 24.2. The number of fused-ring (bicyclic) bond motifs is 1. The number of nitrogens with zero attached hydrogens (tertiary/aromatic N) is 2. The van der Waals surface area contributed by atoms with E-state index in [-0.39, 0.29) is 24.5 Å². The molecule has 3 aliphatic rings. The van der Waals surface area contributed by atoms with Crippen LogP contribution in [0.25, 0.3) is 10.9 Å². The van der Waals surface area contributed by atoms with Gasteiger partial charge in [0.1, 0.15) is 23.9 Å². The topological polar surface area (TPSA) is 99.1 Å². The number of aryl methyl sites for hydroxylation is 1. The number of hydrogen-bond acceptors (Lipinski definition) is 6. The number of anilines is 1. The number of hydrogen-bond donors (Lipinski definition) is 1. The quantitative estimate of drug-likeness (QED) is 0.464. The van der Waals surface area contributed by atoms with Crippen LogP contribution >= 0.6 is 0 Å². The van der Waals surface area contributed by atoms with Crippen LogP contribution in [0, 0.1) is 11.8 Å². The van der Waals surface area contributed by atoms with Crippen LogP contribution in [0.1, 0.15) is 82.6 Å². The lowest BCUT2D eigenvalue weighted by Crippen LogP contribution is -2.49. The molecule has 3 heterocycles. The van der Waals surface area contributed by atoms with E-state index in [1.165, 1.54) is 19.3 Å². The first-order chi connectivity index (χ1) is 19.1. The van der Waals surface area contributed by atoms with Gasteiger partial charge in [0.05, 0.1) is 6.10 Å². The molecule has 1 saturated carbocycles. The van der Waals surface area contributed by atoms with Crippen molar-refractivity contribution in [3.63, 3.8) is 0 Å². The van der Waals surface area contributed by atoms with Crippen LogP contribution in [0.4, 0.5) is 10.5 Å². The minimum atomic E-state index is -0.637. The van der Waals surface area contributed by atoms with Crippen LogP contribution < -0.4 is 5.32 Å². The van der Waals surface area contributed by atoms with Gasteiger partial charge in [-0.15, -0.1) is 0 Å². The van der Waals surface area contributed by atoms with Crippen LogP contribution in [0.15, 0.2) is 24.3 Å². The number of rotatable bonds is 6. The van der Waals surface area contributed by atoms with Crippen LogP contribution in [0.3, 0.4) is 0 Å². The largest absolute Gasteiger partial charge is 0.458 e. The van der Waals surface area contributed by atoms with E-state index in [0.717, 1.165) is 43.0 Å². The van der Waals surface area contributed by atoms with E-state index < -0.39 is 23.7 Å². The van der Waals surface area contributed by atoms with Crippen molar-refractivity contribution in [3.8, 4) is 0 Å². The van der Waals surface area contributed by atoms with E-state index in [4.69, 9.17) is 14.2 Å². The average molecular weight is 554 g/mol. The Labute approximate surface area is 236 Å². The molecule has 2 saturated heterocycles. The van der Waals surface area contributed by atoms with Crippen LogP contribution in [-0.4, -0.2) is 64.9 Å². The second-order valence-electron chi connectivity index (χ2n) is 12.6. The van der Waals surface area contributed by atoms with E-state index in [2.05, 4.69) is 5.32 Å². The Morgan fingerprint density at radius 3 is 2.50 bits per heavy atom. The molecule has 2 aromatic rings. The molecule has 2 aliphatic heterocycles. The van der Waals surface area contributed by atoms with Crippen molar-refractivity contribution in [3.05, 3.63) is 30.0 Å². The molecule has 40 heavy (non-hydrogen) atoms. The van der Waals surface area contributed by atoms with Crippen molar-refractivity contribution >= 4 is 34.6 Å². The van der Waals surface area contributed by atoms with Gasteiger partial charge in [-0.2, -0.15) is 0 Å². The van der Waals surface area contributed by atoms with E-state index in [9.17, 15) is 14.4 Å². The Balaban J connectivity index is 1.33. The van der Waals surface area contributed by atoms with Crippen molar-refractivity contribution < 1.29 is 28.6 Å². The summed E-state index contributed by atoms with van der Waals surface area (Å²) in [7, 11) is 1.83. The normalized spacial score (nSPS) is 23.9. The second kappa shape index (κ2) is 11.8. The zero-order valence-corrected chi connectivity index (χ0v) is 24.2. The molecule has 0 radical (unpaired) electrons. The summed E-state index contributed by atoms with van der Waals surface area (Å²) in [6.07, 6.45) is 7.99. The Morgan fingerprint density at radius 1 is 1.02 bits per heavy atom. The third-order valence-electron chi connectivity index (χ3n) is 8.54. The predicted molar refractivity (Wildman–Crippen MR) is 152 cm³/mol. The van der Waals surface area contributed by atoms with Crippen molar-refractivity contribution in [2.45, 2.75) is 89.9 Å². The number of likely N-dealkylation sites (tertiary alicyclic amines) is 1.